The lowest BCUT2D eigenvalue weighted by molar-refractivity contribution is -0.0498. The number of hydrogen-bond donors (Lipinski definition) is 0. The molecule has 1 aliphatic heterocycles. The van der Waals surface area contributed by atoms with Crippen LogP contribution in [0.1, 0.15) is 16.8 Å². The molecule has 0 aromatic heterocycles. The summed E-state index contributed by atoms with van der Waals surface area (Å²) in [6, 6.07) is 13.1. The van der Waals surface area contributed by atoms with E-state index in [1.54, 1.807) is 18.9 Å². The van der Waals surface area contributed by atoms with E-state index in [-0.39, 0.29) is 35.1 Å². The van der Waals surface area contributed by atoms with Gasteiger partial charge in [-0.2, -0.15) is 8.78 Å². The average molecular weight is 487 g/mol. The zero-order valence-electron chi connectivity index (χ0n) is 15.7. The van der Waals surface area contributed by atoms with E-state index < -0.39 is 6.61 Å². The van der Waals surface area contributed by atoms with Crippen LogP contribution in [-0.2, 0) is 0 Å². The minimum absolute atomic E-state index is 0. The number of ketones is 1. The molecule has 2 aromatic rings. The van der Waals surface area contributed by atoms with Gasteiger partial charge in [0.15, 0.2) is 11.0 Å². The maximum atomic E-state index is 12.9. The molecule has 0 radical (unpaired) electrons. The van der Waals surface area contributed by atoms with Gasteiger partial charge in [-0.3, -0.25) is 9.79 Å². The molecule has 0 N–H and O–H groups in total. The van der Waals surface area contributed by atoms with Crippen LogP contribution in [0, 0.1) is 0 Å². The average Bonchev–Trinajstić information content (AvgIpc) is 2.72. The van der Waals surface area contributed by atoms with Crippen molar-refractivity contribution in [1.29, 1.82) is 0 Å². The fraction of sp³-hybridized carbons (Fsp3) is 0.300. The van der Waals surface area contributed by atoms with Crippen molar-refractivity contribution in [2.24, 2.45) is 4.99 Å². The van der Waals surface area contributed by atoms with E-state index in [1.165, 1.54) is 24.3 Å². The number of nitrogens with zero attached hydrogens (tertiary/aromatic N) is 2. The molecule has 156 valence electrons. The molecule has 1 aliphatic rings. The van der Waals surface area contributed by atoms with E-state index in [0.29, 0.717) is 17.9 Å². The van der Waals surface area contributed by atoms with Crippen molar-refractivity contribution in [3.63, 3.8) is 0 Å². The van der Waals surface area contributed by atoms with Crippen LogP contribution in [0.15, 0.2) is 53.5 Å². The monoisotopic (exact) mass is 486 g/mol. The highest BCUT2D eigenvalue weighted by Gasteiger charge is 2.23. The number of carbonyl (C=O) groups is 1. The summed E-state index contributed by atoms with van der Waals surface area (Å²) in [6.07, 6.45) is 0.994. The van der Waals surface area contributed by atoms with Crippen LogP contribution in [0.2, 0.25) is 0 Å². The number of ether oxygens (including phenoxy) is 2. The second kappa shape index (κ2) is 11.2. The number of hydrogen-bond acceptors (Lipinski definition) is 6. The first kappa shape index (κ1) is 23.2. The topological polar surface area (TPSA) is 51.1 Å². The number of aliphatic imine (C=N–C) groups is 1. The molecule has 0 spiro atoms. The van der Waals surface area contributed by atoms with Crippen molar-refractivity contribution < 1.29 is 23.0 Å². The van der Waals surface area contributed by atoms with Crippen LogP contribution < -0.4 is 14.4 Å². The van der Waals surface area contributed by atoms with Gasteiger partial charge in [-0.15, -0.1) is 17.0 Å². The summed E-state index contributed by atoms with van der Waals surface area (Å²) in [5.41, 5.74) is 1.16. The summed E-state index contributed by atoms with van der Waals surface area (Å²) in [5.74, 6) is 1.42. The standard InChI is InChI=1S/C20H20F2N2O3S.BrH/c1-26-18-6-3-2-5-16(18)24(20-23-11-4-12-28-20)13-17(25)14-7-9-15(10-8-14)27-19(21)22;/h2-3,5-10,19H,4,11-13H2,1H3;1H. The van der Waals surface area contributed by atoms with Gasteiger partial charge in [-0.25, -0.2) is 0 Å². The molecule has 0 aliphatic carbocycles. The summed E-state index contributed by atoms with van der Waals surface area (Å²) >= 11 is 1.60. The van der Waals surface area contributed by atoms with Crippen molar-refractivity contribution in [2.45, 2.75) is 13.0 Å². The molecule has 29 heavy (non-hydrogen) atoms. The fourth-order valence-corrected chi connectivity index (χ4v) is 3.73. The van der Waals surface area contributed by atoms with E-state index in [0.717, 1.165) is 23.0 Å². The molecular weight excluding hydrogens is 466 g/mol. The molecule has 0 atom stereocenters. The van der Waals surface area contributed by atoms with Gasteiger partial charge in [-0.1, -0.05) is 23.9 Å². The van der Waals surface area contributed by atoms with Crippen molar-refractivity contribution in [2.75, 3.05) is 30.9 Å². The number of anilines is 1. The number of carbonyl (C=O) groups excluding carboxylic acids is 1. The number of halogens is 3. The number of benzene rings is 2. The molecule has 2 aromatic carbocycles. The minimum atomic E-state index is -2.90. The van der Waals surface area contributed by atoms with Gasteiger partial charge in [0.2, 0.25) is 0 Å². The highest BCUT2D eigenvalue weighted by Crippen LogP contribution is 2.31. The molecule has 3 rings (SSSR count). The molecule has 9 heteroatoms. The smallest absolute Gasteiger partial charge is 0.387 e. The van der Waals surface area contributed by atoms with Crippen molar-refractivity contribution in [1.82, 2.24) is 0 Å². The van der Waals surface area contributed by atoms with Gasteiger partial charge in [0.1, 0.15) is 11.5 Å². The van der Waals surface area contributed by atoms with E-state index >= 15 is 0 Å². The third-order valence-electron chi connectivity index (χ3n) is 4.09. The van der Waals surface area contributed by atoms with Crippen LogP contribution in [0.3, 0.4) is 0 Å². The first-order chi connectivity index (χ1) is 13.6. The predicted octanol–water partition coefficient (Wildman–Crippen LogP) is 5.06. The van der Waals surface area contributed by atoms with Gasteiger partial charge in [-0.05, 0) is 42.8 Å². The third kappa shape index (κ3) is 6.17. The van der Waals surface area contributed by atoms with Crippen LogP contribution in [-0.4, -0.2) is 43.5 Å². The molecule has 0 bridgehead atoms. The lowest BCUT2D eigenvalue weighted by Gasteiger charge is -2.28. The lowest BCUT2D eigenvalue weighted by atomic mass is 10.1. The Labute approximate surface area is 182 Å². The van der Waals surface area contributed by atoms with Crippen molar-refractivity contribution in [3.8, 4) is 11.5 Å². The highest BCUT2D eigenvalue weighted by molar-refractivity contribution is 8.93. The molecule has 0 amide bonds. The van der Waals surface area contributed by atoms with Gasteiger partial charge in [0.05, 0.1) is 19.3 Å². The Kier molecular flexibility index (Phi) is 8.91. The quantitative estimate of drug-likeness (QED) is 0.512. The second-order valence-corrected chi connectivity index (χ2v) is 7.01. The summed E-state index contributed by atoms with van der Waals surface area (Å²) in [6.45, 7) is -2.13. The lowest BCUT2D eigenvalue weighted by Crippen LogP contribution is -2.35. The maximum absolute atomic E-state index is 12.9. The molecule has 0 unspecified atom stereocenters. The van der Waals surface area contributed by atoms with Crippen LogP contribution in [0.5, 0.6) is 11.5 Å². The van der Waals surface area contributed by atoms with E-state index in [2.05, 4.69) is 9.73 Å². The summed E-state index contributed by atoms with van der Waals surface area (Å²) in [7, 11) is 1.58. The Morgan fingerprint density at radius 2 is 1.93 bits per heavy atom. The molecule has 0 saturated heterocycles. The number of thioether (sulfide) groups is 1. The second-order valence-electron chi connectivity index (χ2n) is 5.95. The Balaban J connectivity index is 0.00000300. The first-order valence-corrected chi connectivity index (χ1v) is 9.73. The zero-order chi connectivity index (χ0) is 19.9. The normalized spacial score (nSPS) is 13.3. The number of rotatable bonds is 7. The SMILES string of the molecule is Br.COc1ccccc1N(CC(=O)c1ccc(OC(F)F)cc1)C1=NCCCS1. The highest BCUT2D eigenvalue weighted by atomic mass is 79.9. The number of alkyl halides is 2. The number of amidine groups is 1. The molecule has 1 heterocycles. The Bertz CT molecular complexity index is 850. The molecule has 0 fully saturated rings. The summed E-state index contributed by atoms with van der Waals surface area (Å²) in [5, 5.41) is 0.766. The van der Waals surface area contributed by atoms with Crippen LogP contribution in [0.25, 0.3) is 0 Å². The van der Waals surface area contributed by atoms with Crippen LogP contribution >= 0.6 is 28.7 Å². The number of Topliss-reactive ketones (excluding diaryl/α,β-unsaturated/α-hetero) is 1. The molecular formula is C20H21BrF2N2O3S. The predicted molar refractivity (Wildman–Crippen MR) is 117 cm³/mol. The van der Waals surface area contributed by atoms with E-state index in [1.807, 2.05) is 29.2 Å². The van der Waals surface area contributed by atoms with Gasteiger partial charge in [0, 0.05) is 17.9 Å². The maximum Gasteiger partial charge on any atom is 0.387 e. The van der Waals surface area contributed by atoms with Crippen LogP contribution in [0.4, 0.5) is 14.5 Å². The fourth-order valence-electron chi connectivity index (χ4n) is 2.78. The van der Waals surface area contributed by atoms with Gasteiger partial charge < -0.3 is 14.4 Å². The number of methoxy groups -OCH3 is 1. The van der Waals surface area contributed by atoms with E-state index in [9.17, 15) is 13.6 Å². The van der Waals surface area contributed by atoms with Crippen molar-refractivity contribution >= 4 is 45.4 Å². The zero-order valence-corrected chi connectivity index (χ0v) is 18.2. The Hall–Kier alpha value is -2.13. The minimum Gasteiger partial charge on any atom is -0.495 e. The van der Waals surface area contributed by atoms with Gasteiger partial charge in [0.25, 0.3) is 0 Å². The Morgan fingerprint density at radius 1 is 1.21 bits per heavy atom. The first-order valence-electron chi connectivity index (χ1n) is 8.74. The summed E-state index contributed by atoms with van der Waals surface area (Å²) < 4.78 is 34.4. The van der Waals surface area contributed by atoms with Gasteiger partial charge >= 0.3 is 6.61 Å². The summed E-state index contributed by atoms with van der Waals surface area (Å²) in [4.78, 5) is 19.3. The molecule has 0 saturated carbocycles. The van der Waals surface area contributed by atoms with Crippen molar-refractivity contribution in [3.05, 3.63) is 54.1 Å². The molecule has 5 nitrogen and oxygen atoms in total. The third-order valence-corrected chi connectivity index (χ3v) is 5.19. The van der Waals surface area contributed by atoms with E-state index in [4.69, 9.17) is 4.74 Å². The largest absolute Gasteiger partial charge is 0.495 e. The Morgan fingerprint density at radius 3 is 2.55 bits per heavy atom. The number of para-hydroxylation sites is 2.